The van der Waals surface area contributed by atoms with E-state index in [1.54, 1.807) is 6.07 Å². The number of nitrogen functional groups attached to an aromatic ring is 3. The summed E-state index contributed by atoms with van der Waals surface area (Å²) in [5, 5.41) is 9.38. The summed E-state index contributed by atoms with van der Waals surface area (Å²) in [7, 11) is 0. The molecule has 2 aliphatic rings. The minimum atomic E-state index is 0.274. The van der Waals surface area contributed by atoms with Gasteiger partial charge in [0.2, 0.25) is 0 Å². The van der Waals surface area contributed by atoms with Crippen molar-refractivity contribution in [2.24, 2.45) is 0 Å². The fourth-order valence-electron chi connectivity index (χ4n) is 5.91. The van der Waals surface area contributed by atoms with Gasteiger partial charge in [-0.15, -0.1) is 0 Å². The fourth-order valence-corrected chi connectivity index (χ4v) is 5.91. The van der Waals surface area contributed by atoms with Crippen molar-refractivity contribution in [3.8, 4) is 33.4 Å². The first-order chi connectivity index (χ1) is 24.0. The number of allylic oxidation sites excluding steroid dienone is 4. The van der Waals surface area contributed by atoms with E-state index >= 15 is 0 Å². The van der Waals surface area contributed by atoms with Crippen LogP contribution in [0.25, 0.3) is 51.1 Å². The van der Waals surface area contributed by atoms with Crippen LogP contribution in [0, 0.1) is 5.41 Å². The second-order valence-electron chi connectivity index (χ2n) is 11.7. The van der Waals surface area contributed by atoms with Gasteiger partial charge in [-0.25, -0.2) is 4.98 Å². The Morgan fingerprint density at radius 3 is 1.71 bits per heavy atom. The summed E-state index contributed by atoms with van der Waals surface area (Å²) in [5.74, 6) is 0. The van der Waals surface area contributed by atoms with Crippen molar-refractivity contribution in [1.29, 1.82) is 5.41 Å². The summed E-state index contributed by atoms with van der Waals surface area (Å²) < 4.78 is 0. The Bertz CT molecular complexity index is 2200. The van der Waals surface area contributed by atoms with Crippen LogP contribution in [0.3, 0.4) is 0 Å². The lowest BCUT2D eigenvalue weighted by Crippen LogP contribution is -2.04. The van der Waals surface area contributed by atoms with Crippen LogP contribution in [-0.4, -0.2) is 4.98 Å². The van der Waals surface area contributed by atoms with Gasteiger partial charge in [0.1, 0.15) is 0 Å². The molecule has 240 valence electrons. The molecule has 7 N–H and O–H groups in total. The third-order valence-corrected chi connectivity index (χ3v) is 8.38. The predicted octanol–water partition coefficient (Wildman–Crippen LogP) is 9.90. The highest BCUT2D eigenvalue weighted by Gasteiger charge is 2.14. The molecule has 1 aromatic heterocycles. The Morgan fingerprint density at radius 1 is 0.510 bits per heavy atom. The Kier molecular flexibility index (Phi) is 10.2. The van der Waals surface area contributed by atoms with Gasteiger partial charge < -0.3 is 22.6 Å². The van der Waals surface area contributed by atoms with E-state index in [1.807, 2.05) is 115 Å². The SMILES string of the molecule is N=c1cccc(-c2ccccc2)cccc(N)c(-c2ccccc2)c2nc(c(C3=CC=CCC3)cccc(N)c1-c1ccc(N)cc1)C=C2. The van der Waals surface area contributed by atoms with Crippen LogP contribution < -0.4 is 22.6 Å². The van der Waals surface area contributed by atoms with E-state index in [9.17, 15) is 0 Å². The molecule has 0 saturated carbocycles. The first-order valence-electron chi connectivity index (χ1n) is 16.3. The van der Waals surface area contributed by atoms with Gasteiger partial charge in [-0.05, 0) is 83.2 Å². The van der Waals surface area contributed by atoms with Crippen molar-refractivity contribution in [1.82, 2.24) is 4.98 Å². The number of fused-ring (bicyclic) bond motifs is 2. The molecule has 0 atom stereocenters. The Hall–Kier alpha value is -6.46. The molecule has 3 aromatic carbocycles. The Labute approximate surface area is 288 Å². The number of nitrogens with zero attached hydrogens (tertiary/aromatic N) is 1. The smallest absolute Gasteiger partial charge is 0.0737 e. The molecule has 0 fully saturated rings. The monoisotopic (exact) mass is 637 g/mol. The molecule has 2 bridgehead atoms. The first kappa shape index (κ1) is 32.5. The number of nitrogens with one attached hydrogen (secondary N) is 1. The van der Waals surface area contributed by atoms with Crippen LogP contribution in [0.5, 0.6) is 0 Å². The zero-order valence-electron chi connectivity index (χ0n) is 27.3. The molecule has 0 radical (unpaired) electrons. The zero-order chi connectivity index (χ0) is 34.0. The third-order valence-electron chi connectivity index (χ3n) is 8.38. The van der Waals surface area contributed by atoms with Crippen molar-refractivity contribution in [2.75, 3.05) is 17.2 Å². The lowest BCUT2D eigenvalue weighted by Gasteiger charge is -2.09. The van der Waals surface area contributed by atoms with E-state index in [0.717, 1.165) is 57.6 Å². The number of rotatable bonds is 4. The van der Waals surface area contributed by atoms with Crippen LogP contribution >= 0.6 is 0 Å². The summed E-state index contributed by atoms with van der Waals surface area (Å²) in [6.45, 7) is 0. The standard InChI is InChI=1S/C44H39N5/c45-36-27-25-35(26-28-36)43-38(46)22-10-19-32(31-13-4-1-5-14-31)20-11-23-40(48)44(34-17-8-3-9-18-34)42-30-29-41(49-42)37(21-12-24-39(43)47)33-15-6-2-7-16-33/h1-6,8-15,17-30,46H,7,16,45,47-48H2. The van der Waals surface area contributed by atoms with Gasteiger partial charge in [-0.1, -0.05) is 127 Å². The van der Waals surface area contributed by atoms with E-state index in [0.29, 0.717) is 22.6 Å². The number of benzene rings is 3. The van der Waals surface area contributed by atoms with Gasteiger partial charge in [0.25, 0.3) is 0 Å². The molecule has 49 heavy (non-hydrogen) atoms. The van der Waals surface area contributed by atoms with Crippen molar-refractivity contribution in [2.45, 2.75) is 12.8 Å². The maximum absolute atomic E-state index is 9.11. The lowest BCUT2D eigenvalue weighted by molar-refractivity contribution is 1.05. The molecule has 4 aromatic rings. The minimum absolute atomic E-state index is 0.274. The van der Waals surface area contributed by atoms with E-state index < -0.39 is 0 Å². The van der Waals surface area contributed by atoms with Crippen LogP contribution in [0.1, 0.15) is 29.8 Å². The Balaban J connectivity index is 1.70. The number of nitrogens with two attached hydrogens (primary N) is 3. The van der Waals surface area contributed by atoms with Gasteiger partial charge in [-0.2, -0.15) is 0 Å². The summed E-state index contributed by atoms with van der Waals surface area (Å²) in [6.07, 6.45) is 12.3. The lowest BCUT2D eigenvalue weighted by atomic mass is 9.96. The second-order valence-corrected chi connectivity index (χ2v) is 11.7. The topological polar surface area (TPSA) is 115 Å². The number of aromatic nitrogens is 1. The number of hydrogen-bond acceptors (Lipinski definition) is 5. The van der Waals surface area contributed by atoms with E-state index in [1.165, 1.54) is 5.57 Å². The first-order valence-corrected chi connectivity index (χ1v) is 16.3. The molecular weight excluding hydrogens is 599 g/mol. The molecule has 1 aliphatic heterocycles. The highest BCUT2D eigenvalue weighted by atomic mass is 14.7. The van der Waals surface area contributed by atoms with Crippen molar-refractivity contribution in [3.63, 3.8) is 0 Å². The largest absolute Gasteiger partial charge is 0.399 e. The van der Waals surface area contributed by atoms with Gasteiger partial charge in [0, 0.05) is 33.8 Å². The summed E-state index contributed by atoms with van der Waals surface area (Å²) >= 11 is 0. The van der Waals surface area contributed by atoms with E-state index in [-0.39, 0.29) is 5.36 Å². The van der Waals surface area contributed by atoms with Gasteiger partial charge in [0.15, 0.2) is 0 Å². The summed E-state index contributed by atoms with van der Waals surface area (Å²) in [6, 6.07) is 45.0. The molecule has 2 heterocycles. The van der Waals surface area contributed by atoms with Crippen molar-refractivity contribution >= 4 is 34.8 Å². The number of hydrogen-bond donors (Lipinski definition) is 4. The predicted molar refractivity (Wildman–Crippen MR) is 208 cm³/mol. The highest BCUT2D eigenvalue weighted by Crippen LogP contribution is 2.33. The van der Waals surface area contributed by atoms with Crippen LogP contribution in [0.2, 0.25) is 0 Å². The fraction of sp³-hybridized carbons (Fsp3) is 0.0455. The second kappa shape index (κ2) is 15.4. The summed E-state index contributed by atoms with van der Waals surface area (Å²) in [4.78, 5) is 5.16. The maximum Gasteiger partial charge on any atom is 0.0737 e. The average Bonchev–Trinajstić information content (AvgIpc) is 3.60. The molecule has 1 aliphatic carbocycles. The molecule has 0 saturated heterocycles. The molecular formula is C44H39N5. The van der Waals surface area contributed by atoms with Gasteiger partial charge >= 0.3 is 0 Å². The summed E-state index contributed by atoms with van der Waals surface area (Å²) in [5.41, 5.74) is 30.4. The minimum Gasteiger partial charge on any atom is -0.399 e. The molecule has 6 rings (SSSR count). The van der Waals surface area contributed by atoms with Crippen molar-refractivity contribution in [3.05, 3.63) is 180 Å². The molecule has 0 unspecified atom stereocenters. The maximum atomic E-state index is 9.11. The van der Waals surface area contributed by atoms with E-state index in [2.05, 4.69) is 48.6 Å². The molecule has 0 amide bonds. The van der Waals surface area contributed by atoms with Crippen LogP contribution in [0.15, 0.2) is 158 Å². The normalized spacial score (nSPS) is 12.2. The third kappa shape index (κ3) is 7.92. The van der Waals surface area contributed by atoms with E-state index in [4.69, 9.17) is 27.6 Å². The average molecular weight is 638 g/mol. The van der Waals surface area contributed by atoms with Crippen LogP contribution in [0.4, 0.5) is 17.1 Å². The number of anilines is 3. The Morgan fingerprint density at radius 2 is 1.06 bits per heavy atom. The highest BCUT2D eigenvalue weighted by molar-refractivity contribution is 5.89. The molecule has 0 spiro atoms. The van der Waals surface area contributed by atoms with Gasteiger partial charge in [-0.3, -0.25) is 0 Å². The quantitative estimate of drug-likeness (QED) is 0.147. The zero-order valence-corrected chi connectivity index (χ0v) is 27.3. The molecule has 5 heteroatoms. The van der Waals surface area contributed by atoms with Crippen molar-refractivity contribution < 1.29 is 0 Å². The van der Waals surface area contributed by atoms with Crippen LogP contribution in [-0.2, 0) is 0 Å². The van der Waals surface area contributed by atoms with Gasteiger partial charge in [0.05, 0.1) is 16.7 Å². The molecule has 5 nitrogen and oxygen atoms in total.